The molecule has 1 aliphatic rings. The van der Waals surface area contributed by atoms with Crippen LogP contribution >= 0.6 is 0 Å². The molecular weight excluding hydrogens is 404 g/mol. The maximum atomic E-state index is 12.6. The molecule has 2 heteroatoms. The second-order valence-electron chi connectivity index (χ2n) is 10.4. The first-order valence-corrected chi connectivity index (χ1v) is 13.9. The molecule has 1 aromatic carbocycles. The van der Waals surface area contributed by atoms with Gasteiger partial charge in [0, 0.05) is 6.42 Å². The molecule has 2 nitrogen and oxygen atoms in total. The topological polar surface area (TPSA) is 30.2 Å². The maximum absolute atomic E-state index is 12.6. The minimum atomic E-state index is -0.161. The van der Waals surface area contributed by atoms with Crippen LogP contribution in [0.5, 0.6) is 0 Å². The SMILES string of the molecule is C=CCCC1CCC(CCc2ccc3cc(CCCCCCCCCC)oc(=O)c3c2)CC1. The predicted molar refractivity (Wildman–Crippen MR) is 142 cm³/mol. The predicted octanol–water partition coefficient (Wildman–Crippen LogP) is 9.18. The van der Waals surface area contributed by atoms with E-state index in [0.717, 1.165) is 54.1 Å². The van der Waals surface area contributed by atoms with Crippen molar-refractivity contribution in [2.75, 3.05) is 0 Å². The molecule has 3 rings (SSSR count). The van der Waals surface area contributed by atoms with E-state index in [1.165, 1.54) is 89.0 Å². The summed E-state index contributed by atoms with van der Waals surface area (Å²) in [6.45, 7) is 6.12. The number of hydrogen-bond acceptors (Lipinski definition) is 2. The van der Waals surface area contributed by atoms with Crippen LogP contribution in [0.1, 0.15) is 115 Å². The monoisotopic (exact) mass is 450 g/mol. The van der Waals surface area contributed by atoms with E-state index in [0.29, 0.717) is 0 Å². The lowest BCUT2D eigenvalue weighted by Crippen LogP contribution is -2.15. The number of hydrogen-bond donors (Lipinski definition) is 0. The Balaban J connectivity index is 1.43. The molecule has 1 saturated carbocycles. The van der Waals surface area contributed by atoms with Crippen LogP contribution in [0.3, 0.4) is 0 Å². The summed E-state index contributed by atoms with van der Waals surface area (Å²) in [4.78, 5) is 12.6. The van der Waals surface area contributed by atoms with Crippen molar-refractivity contribution in [3.63, 3.8) is 0 Å². The van der Waals surface area contributed by atoms with Gasteiger partial charge in [-0.05, 0) is 67.0 Å². The molecule has 0 saturated heterocycles. The van der Waals surface area contributed by atoms with Crippen molar-refractivity contribution in [1.82, 2.24) is 0 Å². The average molecular weight is 451 g/mol. The Morgan fingerprint density at radius 2 is 1.55 bits per heavy atom. The molecule has 0 aliphatic heterocycles. The molecule has 2 aromatic rings. The van der Waals surface area contributed by atoms with Gasteiger partial charge in [0.05, 0.1) is 5.39 Å². The van der Waals surface area contributed by atoms with E-state index in [-0.39, 0.29) is 5.63 Å². The quantitative estimate of drug-likeness (QED) is 0.200. The lowest BCUT2D eigenvalue weighted by atomic mass is 9.78. The van der Waals surface area contributed by atoms with E-state index < -0.39 is 0 Å². The Labute approximate surface area is 201 Å². The van der Waals surface area contributed by atoms with E-state index >= 15 is 0 Å². The van der Waals surface area contributed by atoms with Gasteiger partial charge in [0.2, 0.25) is 0 Å². The summed E-state index contributed by atoms with van der Waals surface area (Å²) in [7, 11) is 0. The molecule has 0 amide bonds. The van der Waals surface area contributed by atoms with Crippen LogP contribution < -0.4 is 5.63 Å². The zero-order chi connectivity index (χ0) is 23.3. The van der Waals surface area contributed by atoms with Crippen LogP contribution in [-0.4, -0.2) is 0 Å². The van der Waals surface area contributed by atoms with Crippen LogP contribution in [0.2, 0.25) is 0 Å². The first-order chi connectivity index (χ1) is 16.2. The first kappa shape index (κ1) is 25.8. The Hall–Kier alpha value is -1.83. The lowest BCUT2D eigenvalue weighted by Gasteiger charge is -2.28. The highest BCUT2D eigenvalue weighted by Crippen LogP contribution is 2.34. The van der Waals surface area contributed by atoms with Crippen LogP contribution in [0, 0.1) is 11.8 Å². The summed E-state index contributed by atoms with van der Waals surface area (Å²) < 4.78 is 5.68. The smallest absolute Gasteiger partial charge is 0.343 e. The van der Waals surface area contributed by atoms with Crippen LogP contribution in [0.25, 0.3) is 10.8 Å². The van der Waals surface area contributed by atoms with Gasteiger partial charge in [-0.1, -0.05) is 95.8 Å². The summed E-state index contributed by atoms with van der Waals surface area (Å²) in [5.41, 5.74) is 1.12. The normalized spacial score (nSPS) is 18.6. The number of unbranched alkanes of at least 4 members (excludes halogenated alkanes) is 7. The van der Waals surface area contributed by atoms with Gasteiger partial charge in [0.1, 0.15) is 5.76 Å². The Morgan fingerprint density at radius 3 is 2.24 bits per heavy atom. The van der Waals surface area contributed by atoms with E-state index in [9.17, 15) is 4.79 Å². The van der Waals surface area contributed by atoms with E-state index in [1.807, 2.05) is 0 Å². The number of rotatable bonds is 15. The van der Waals surface area contributed by atoms with Gasteiger partial charge >= 0.3 is 5.63 Å². The standard InChI is InChI=1S/C31H46O2/c1-3-5-7-8-9-10-11-12-14-29-24-28-22-21-27(23-30(28)31(32)33-29)20-19-26-17-15-25(16-18-26)13-6-4-2/h4,21-26H,2-3,5-20H2,1H3. The van der Waals surface area contributed by atoms with Crippen molar-refractivity contribution in [3.8, 4) is 0 Å². The molecular formula is C31H46O2. The highest BCUT2D eigenvalue weighted by molar-refractivity contribution is 5.82. The third kappa shape index (κ3) is 8.80. The van der Waals surface area contributed by atoms with Crippen LogP contribution in [0.15, 0.2) is 46.1 Å². The number of allylic oxidation sites excluding steroid dienone is 1. The van der Waals surface area contributed by atoms with Gasteiger partial charge in [0.15, 0.2) is 0 Å². The minimum absolute atomic E-state index is 0.161. The highest BCUT2D eigenvalue weighted by Gasteiger charge is 2.20. The molecule has 0 unspecified atom stereocenters. The highest BCUT2D eigenvalue weighted by atomic mass is 16.4. The zero-order valence-corrected chi connectivity index (χ0v) is 21.1. The third-order valence-corrected chi connectivity index (χ3v) is 7.74. The second-order valence-corrected chi connectivity index (χ2v) is 10.4. The van der Waals surface area contributed by atoms with Crippen molar-refractivity contribution >= 4 is 10.8 Å². The largest absolute Gasteiger partial charge is 0.427 e. The zero-order valence-electron chi connectivity index (χ0n) is 21.1. The molecule has 0 radical (unpaired) electrons. The summed E-state index contributed by atoms with van der Waals surface area (Å²) >= 11 is 0. The van der Waals surface area contributed by atoms with Crippen molar-refractivity contribution in [2.24, 2.45) is 11.8 Å². The summed E-state index contributed by atoms with van der Waals surface area (Å²) in [6, 6.07) is 8.52. The van der Waals surface area contributed by atoms with Crippen molar-refractivity contribution in [1.29, 1.82) is 0 Å². The fourth-order valence-electron chi connectivity index (χ4n) is 5.53. The van der Waals surface area contributed by atoms with Gasteiger partial charge in [-0.2, -0.15) is 0 Å². The second kappa shape index (κ2) is 14.4. The number of aryl methyl sites for hydroxylation is 2. The molecule has 0 bridgehead atoms. The molecule has 0 N–H and O–H groups in total. The molecule has 1 fully saturated rings. The van der Waals surface area contributed by atoms with Crippen LogP contribution in [0.4, 0.5) is 0 Å². The summed E-state index contributed by atoms with van der Waals surface area (Å²) in [6.07, 6.45) is 23.5. The third-order valence-electron chi connectivity index (χ3n) is 7.74. The average Bonchev–Trinajstić information content (AvgIpc) is 2.84. The number of fused-ring (bicyclic) bond motifs is 1. The molecule has 182 valence electrons. The number of benzene rings is 1. The van der Waals surface area contributed by atoms with E-state index in [1.54, 1.807) is 0 Å². The van der Waals surface area contributed by atoms with Gasteiger partial charge < -0.3 is 4.42 Å². The molecule has 0 atom stereocenters. The minimum Gasteiger partial charge on any atom is -0.427 e. The summed E-state index contributed by atoms with van der Waals surface area (Å²) in [5.74, 6) is 2.59. The van der Waals surface area contributed by atoms with Crippen molar-refractivity contribution in [2.45, 2.75) is 116 Å². The van der Waals surface area contributed by atoms with Gasteiger partial charge in [-0.15, -0.1) is 6.58 Å². The van der Waals surface area contributed by atoms with E-state index in [2.05, 4.69) is 43.8 Å². The summed E-state index contributed by atoms with van der Waals surface area (Å²) in [5, 5.41) is 1.78. The molecule has 1 heterocycles. The van der Waals surface area contributed by atoms with Gasteiger partial charge in [-0.3, -0.25) is 0 Å². The molecule has 33 heavy (non-hydrogen) atoms. The van der Waals surface area contributed by atoms with Gasteiger partial charge in [-0.25, -0.2) is 4.79 Å². The maximum Gasteiger partial charge on any atom is 0.343 e. The lowest BCUT2D eigenvalue weighted by molar-refractivity contribution is 0.254. The molecule has 1 aliphatic carbocycles. The van der Waals surface area contributed by atoms with E-state index in [4.69, 9.17) is 4.42 Å². The van der Waals surface area contributed by atoms with Gasteiger partial charge in [0.25, 0.3) is 0 Å². The van der Waals surface area contributed by atoms with Crippen molar-refractivity contribution < 1.29 is 4.42 Å². The molecule has 1 aromatic heterocycles. The first-order valence-electron chi connectivity index (χ1n) is 13.9. The Morgan fingerprint density at radius 1 is 0.879 bits per heavy atom. The van der Waals surface area contributed by atoms with Crippen molar-refractivity contribution in [3.05, 3.63) is 58.7 Å². The fraction of sp³-hybridized carbons (Fsp3) is 0.645. The molecule has 0 spiro atoms. The van der Waals surface area contributed by atoms with Crippen LogP contribution in [-0.2, 0) is 12.8 Å². The Kier molecular flexibility index (Phi) is 11.3. The fourth-order valence-corrected chi connectivity index (χ4v) is 5.53. The Bertz CT molecular complexity index is 885.